The molecule has 0 heterocycles. The van der Waals surface area contributed by atoms with E-state index in [1.54, 1.807) is 6.08 Å². The summed E-state index contributed by atoms with van der Waals surface area (Å²) in [6.45, 7) is 4.16. The first-order chi connectivity index (χ1) is 11.7. The number of aliphatic hydroxyl groups excluding tert-OH is 1. The Morgan fingerprint density at radius 2 is 2.08 bits per heavy atom. The third-order valence-electron chi connectivity index (χ3n) is 4.39. The molecule has 1 rings (SSSR count). The number of hydrogen-bond donors (Lipinski definition) is 4. The summed E-state index contributed by atoms with van der Waals surface area (Å²) < 4.78 is 4.76. The van der Waals surface area contributed by atoms with Crippen molar-refractivity contribution >= 4 is 23.7 Å². The lowest BCUT2D eigenvalue weighted by Crippen LogP contribution is -2.35. The number of rotatable bonds is 12. The minimum absolute atomic E-state index is 0.0989. The van der Waals surface area contributed by atoms with Gasteiger partial charge in [0.1, 0.15) is 18.0 Å². The maximum Gasteiger partial charge on any atom is 0.353 e. The van der Waals surface area contributed by atoms with Crippen LogP contribution in [-0.2, 0) is 14.3 Å². The fourth-order valence-corrected chi connectivity index (χ4v) is 3.47. The van der Waals surface area contributed by atoms with Crippen LogP contribution in [-0.4, -0.2) is 53.0 Å². The van der Waals surface area contributed by atoms with Gasteiger partial charge in [-0.05, 0) is 36.9 Å². The highest BCUT2D eigenvalue weighted by Crippen LogP contribution is 2.53. The van der Waals surface area contributed by atoms with Crippen molar-refractivity contribution < 1.29 is 24.5 Å². The van der Waals surface area contributed by atoms with Gasteiger partial charge in [-0.1, -0.05) is 19.9 Å². The van der Waals surface area contributed by atoms with Crippen molar-refractivity contribution in [3.63, 3.8) is 0 Å². The van der Waals surface area contributed by atoms with E-state index in [1.807, 2.05) is 0 Å². The molecule has 0 aliphatic heterocycles. The Morgan fingerprint density at radius 3 is 2.60 bits per heavy atom. The third-order valence-corrected chi connectivity index (χ3v) is 5.56. The molecule has 0 aromatic carbocycles. The number of hydrogen-bond acceptors (Lipinski definition) is 7. The highest BCUT2D eigenvalue weighted by atomic mass is 32.2. The summed E-state index contributed by atoms with van der Waals surface area (Å²) in [5.74, 6) is -0.130. The molecule has 0 spiro atoms. The van der Waals surface area contributed by atoms with Crippen LogP contribution in [0.4, 0.5) is 0 Å². The zero-order chi connectivity index (χ0) is 19.0. The van der Waals surface area contributed by atoms with E-state index in [0.717, 1.165) is 25.0 Å². The zero-order valence-electron chi connectivity index (χ0n) is 15.2. The number of nitrogens with two attached hydrogens (primary N) is 1. The molecule has 0 aromatic heterocycles. The fourth-order valence-electron chi connectivity index (χ4n) is 2.49. The Labute approximate surface area is 153 Å². The highest BCUT2D eigenvalue weighted by Gasteiger charge is 2.50. The Bertz CT molecular complexity index is 495. The van der Waals surface area contributed by atoms with Crippen LogP contribution in [0.5, 0.6) is 0 Å². The quantitative estimate of drug-likeness (QED) is 0.175. The lowest BCUT2D eigenvalue weighted by Gasteiger charge is -2.17. The number of thioether (sulfide) groups is 1. The number of carboxylic acid groups (broad SMARTS) is 1. The summed E-state index contributed by atoms with van der Waals surface area (Å²) >= 11 is 1.51. The predicted molar refractivity (Wildman–Crippen MR) is 97.9 cm³/mol. The first-order valence-corrected chi connectivity index (χ1v) is 9.63. The molecule has 2 unspecified atom stereocenters. The number of methoxy groups -OCH3 is 1. The van der Waals surface area contributed by atoms with Crippen LogP contribution in [0, 0.1) is 11.3 Å². The molecule has 25 heavy (non-hydrogen) atoms. The average Bonchev–Trinajstić information content (AvgIpc) is 3.20. The van der Waals surface area contributed by atoms with Crippen LogP contribution < -0.4 is 11.1 Å². The normalized spacial score (nSPS) is 21.3. The molecule has 0 bridgehead atoms. The molecular formula is C17H30N2O5S. The number of carboxylic acids is 1. The molecule has 1 fully saturated rings. The number of ether oxygens (including phenoxy) is 1. The van der Waals surface area contributed by atoms with Gasteiger partial charge in [0.05, 0.1) is 7.11 Å². The van der Waals surface area contributed by atoms with Gasteiger partial charge in [-0.15, -0.1) is 0 Å². The molecule has 1 aliphatic carbocycles. The maximum atomic E-state index is 11.8. The van der Waals surface area contributed by atoms with Crippen LogP contribution in [0.2, 0.25) is 0 Å². The summed E-state index contributed by atoms with van der Waals surface area (Å²) in [4.78, 5) is 22.4. The van der Waals surface area contributed by atoms with Gasteiger partial charge in [0, 0.05) is 11.7 Å². The molecule has 1 aliphatic rings. The van der Waals surface area contributed by atoms with Crippen molar-refractivity contribution in [2.75, 3.05) is 18.6 Å². The third kappa shape index (κ3) is 7.66. The number of carbonyl (C=O) groups is 2. The van der Waals surface area contributed by atoms with Gasteiger partial charge in [-0.25, -0.2) is 4.79 Å². The second-order valence-electron chi connectivity index (χ2n) is 7.01. The molecule has 5 N–H and O–H groups in total. The minimum Gasteiger partial charge on any atom is -0.480 e. The topological polar surface area (TPSA) is 122 Å². The molecule has 0 aromatic rings. The van der Waals surface area contributed by atoms with Crippen molar-refractivity contribution in [3.05, 3.63) is 11.8 Å². The van der Waals surface area contributed by atoms with Crippen molar-refractivity contribution in [3.8, 4) is 0 Å². The van der Waals surface area contributed by atoms with E-state index in [4.69, 9.17) is 15.6 Å². The Hall–Kier alpha value is -1.25. The smallest absolute Gasteiger partial charge is 0.353 e. The largest absolute Gasteiger partial charge is 0.480 e. The second-order valence-corrected chi connectivity index (χ2v) is 8.16. The zero-order valence-corrected chi connectivity index (χ0v) is 16.0. The molecule has 144 valence electrons. The lowest BCUT2D eigenvalue weighted by atomic mass is 10.1. The van der Waals surface area contributed by atoms with E-state index in [9.17, 15) is 14.7 Å². The lowest BCUT2D eigenvalue weighted by molar-refractivity contribution is -0.138. The standard InChI is InChI=1S/C17H30N2O5S/c1-17(2)9-11(17)14(20)19-13(16(23)24-3)7-5-4-6-8-25-10-12(18)15(21)22/h7,11-12,14,19-20H,4-6,8-10,18H2,1-3H3,(H,21,22)/b13-7-/t11?,12-,14?/m0/s1. The molecule has 0 radical (unpaired) electrons. The van der Waals surface area contributed by atoms with Gasteiger partial charge in [-0.2, -0.15) is 11.8 Å². The molecule has 0 saturated heterocycles. The van der Waals surface area contributed by atoms with Crippen molar-refractivity contribution in [1.29, 1.82) is 0 Å². The average molecular weight is 375 g/mol. The number of esters is 1. The molecule has 3 atom stereocenters. The molecule has 8 heteroatoms. The Kier molecular flexibility index (Phi) is 8.75. The first-order valence-electron chi connectivity index (χ1n) is 8.48. The first kappa shape index (κ1) is 21.8. The van der Waals surface area contributed by atoms with E-state index in [0.29, 0.717) is 17.9 Å². The Balaban J connectivity index is 2.31. The minimum atomic E-state index is -0.985. The number of aliphatic hydroxyl groups is 1. The summed E-state index contributed by atoms with van der Waals surface area (Å²) in [6.07, 6.45) is 4.32. The van der Waals surface area contributed by atoms with Crippen molar-refractivity contribution in [1.82, 2.24) is 5.32 Å². The van der Waals surface area contributed by atoms with Crippen LogP contribution in [0.3, 0.4) is 0 Å². The summed E-state index contributed by atoms with van der Waals surface area (Å²) in [6, 6.07) is -0.826. The van der Waals surface area contributed by atoms with E-state index < -0.39 is 24.2 Å². The summed E-state index contributed by atoms with van der Waals surface area (Å²) in [5, 5.41) is 21.7. The Morgan fingerprint density at radius 1 is 1.44 bits per heavy atom. The number of aliphatic carboxylic acids is 1. The van der Waals surface area contributed by atoms with Crippen LogP contribution in [0.15, 0.2) is 11.8 Å². The molecular weight excluding hydrogens is 344 g/mol. The van der Waals surface area contributed by atoms with Crippen LogP contribution in [0.1, 0.15) is 39.5 Å². The monoisotopic (exact) mass is 374 g/mol. The SMILES string of the molecule is COC(=O)/C(=C/CCCCSC[C@H](N)C(=O)O)NC(O)C1CC1(C)C. The van der Waals surface area contributed by atoms with Gasteiger partial charge < -0.3 is 26.0 Å². The number of carbonyl (C=O) groups excluding carboxylic acids is 1. The molecule has 0 amide bonds. The highest BCUT2D eigenvalue weighted by molar-refractivity contribution is 7.99. The number of allylic oxidation sites excluding steroid dienone is 1. The van der Waals surface area contributed by atoms with Gasteiger partial charge in [-0.3, -0.25) is 4.79 Å². The predicted octanol–water partition coefficient (Wildman–Crippen LogP) is 1.31. The fraction of sp³-hybridized carbons (Fsp3) is 0.765. The van der Waals surface area contributed by atoms with Crippen molar-refractivity contribution in [2.45, 2.75) is 51.8 Å². The van der Waals surface area contributed by atoms with E-state index in [2.05, 4.69) is 19.2 Å². The maximum absolute atomic E-state index is 11.8. The van der Waals surface area contributed by atoms with E-state index in [-0.39, 0.29) is 11.3 Å². The van der Waals surface area contributed by atoms with E-state index >= 15 is 0 Å². The van der Waals surface area contributed by atoms with Gasteiger partial charge in [0.2, 0.25) is 0 Å². The van der Waals surface area contributed by atoms with Gasteiger partial charge in [0.15, 0.2) is 0 Å². The molecule has 7 nitrogen and oxygen atoms in total. The van der Waals surface area contributed by atoms with Crippen LogP contribution >= 0.6 is 11.8 Å². The van der Waals surface area contributed by atoms with E-state index in [1.165, 1.54) is 18.9 Å². The summed E-state index contributed by atoms with van der Waals surface area (Å²) in [5.41, 5.74) is 5.82. The number of unbranched alkanes of at least 4 members (excludes halogenated alkanes) is 2. The number of nitrogens with one attached hydrogen (secondary N) is 1. The summed E-state index contributed by atoms with van der Waals surface area (Å²) in [7, 11) is 1.31. The molecule has 1 saturated carbocycles. The van der Waals surface area contributed by atoms with Crippen molar-refractivity contribution in [2.24, 2.45) is 17.1 Å². The van der Waals surface area contributed by atoms with Gasteiger partial charge >= 0.3 is 11.9 Å². The van der Waals surface area contributed by atoms with Crippen LogP contribution in [0.25, 0.3) is 0 Å². The second kappa shape index (κ2) is 10.0. The van der Waals surface area contributed by atoms with Gasteiger partial charge in [0.25, 0.3) is 0 Å².